The Bertz CT molecular complexity index is 246. The number of rotatable bonds is 2. The Balaban J connectivity index is -0.000000208. The number of hydrogen-bond acceptors (Lipinski definition) is 3. The van der Waals surface area contributed by atoms with Gasteiger partial charge in [0.15, 0.2) is 5.96 Å². The number of guanidine groups is 1. The Morgan fingerprint density at radius 1 is 1.47 bits per heavy atom. The minimum absolute atomic E-state index is 0. The van der Waals surface area contributed by atoms with E-state index < -0.39 is 13.8 Å². The molecule has 0 heterocycles. The van der Waals surface area contributed by atoms with E-state index in [1.807, 2.05) is 0 Å². The molecule has 11 heteroatoms. The molecular formula is C4H13N3NaO6P. The number of nitrogens with two attached hydrogens (primary N) is 1. The maximum absolute atomic E-state index is 9.92. The second-order valence-electron chi connectivity index (χ2n) is 2.15. The van der Waals surface area contributed by atoms with E-state index in [0.29, 0.717) is 0 Å². The van der Waals surface area contributed by atoms with Gasteiger partial charge in [-0.2, -0.15) is 0 Å². The number of likely N-dealkylation sites (N-methyl/N-ethyl adjacent to an activating group) is 1. The number of aliphatic carboxylic acids is 1. The number of nitrogens with zero attached hydrogens (tertiary/aromatic N) is 1. The quantitative estimate of drug-likeness (QED) is 0.134. The molecule has 9 nitrogen and oxygen atoms in total. The zero-order valence-electron chi connectivity index (χ0n) is 7.28. The first-order valence-corrected chi connectivity index (χ1v) is 4.65. The van der Waals surface area contributed by atoms with E-state index in [1.165, 1.54) is 7.05 Å². The first-order chi connectivity index (χ1) is 6.04. The summed E-state index contributed by atoms with van der Waals surface area (Å²) in [5.41, 5.74) is 4.93. The number of nitrogens with one attached hydrogen (secondary N) is 1. The van der Waals surface area contributed by atoms with Crippen molar-refractivity contribution in [3.63, 3.8) is 0 Å². The standard InChI is InChI=1S/C4H9N3O2.Na.H3O4P.H/c1-7(4(5)6)2-3(8)9;;1-5(2,3)4;/h2H2,1H3,(H3,5,6)(H,8,9);;(H3,1,2,3,4);. The van der Waals surface area contributed by atoms with Gasteiger partial charge in [-0.1, -0.05) is 0 Å². The molecule has 0 spiro atoms. The van der Waals surface area contributed by atoms with E-state index in [2.05, 4.69) is 0 Å². The van der Waals surface area contributed by atoms with Crippen molar-refractivity contribution in [2.24, 2.45) is 5.73 Å². The van der Waals surface area contributed by atoms with Crippen molar-refractivity contribution >= 4 is 49.3 Å². The Morgan fingerprint density at radius 2 is 1.73 bits per heavy atom. The summed E-state index contributed by atoms with van der Waals surface area (Å²) in [6, 6.07) is 0. The average Bonchev–Trinajstić information content (AvgIpc) is 1.80. The first kappa shape index (κ1) is 20.3. The number of carboxylic acid groups (broad SMARTS) is 1. The van der Waals surface area contributed by atoms with Crippen LogP contribution >= 0.6 is 7.82 Å². The average molecular weight is 253 g/mol. The Kier molecular flexibility index (Phi) is 12.3. The van der Waals surface area contributed by atoms with E-state index >= 15 is 0 Å². The molecule has 0 aromatic carbocycles. The number of hydrogen-bond donors (Lipinski definition) is 6. The van der Waals surface area contributed by atoms with Crippen LogP contribution in [-0.4, -0.2) is 79.8 Å². The van der Waals surface area contributed by atoms with Gasteiger partial charge in [0.2, 0.25) is 0 Å². The van der Waals surface area contributed by atoms with Crippen LogP contribution in [0.25, 0.3) is 0 Å². The van der Waals surface area contributed by atoms with E-state index in [4.69, 9.17) is 35.5 Å². The molecular weight excluding hydrogens is 240 g/mol. The molecule has 0 aromatic heterocycles. The van der Waals surface area contributed by atoms with E-state index in [9.17, 15) is 4.79 Å². The van der Waals surface area contributed by atoms with Gasteiger partial charge in [0.1, 0.15) is 6.54 Å². The third-order valence-electron chi connectivity index (χ3n) is 0.784. The topological polar surface area (TPSA) is 168 Å². The van der Waals surface area contributed by atoms with E-state index in [-0.39, 0.29) is 42.1 Å². The van der Waals surface area contributed by atoms with Crippen LogP contribution in [0.1, 0.15) is 0 Å². The van der Waals surface area contributed by atoms with Crippen LogP contribution in [0.3, 0.4) is 0 Å². The van der Waals surface area contributed by atoms with Gasteiger partial charge in [0.05, 0.1) is 0 Å². The molecule has 15 heavy (non-hydrogen) atoms. The molecule has 0 saturated heterocycles. The second-order valence-corrected chi connectivity index (χ2v) is 3.17. The fourth-order valence-corrected chi connectivity index (χ4v) is 0.288. The monoisotopic (exact) mass is 253 g/mol. The molecule has 0 amide bonds. The van der Waals surface area contributed by atoms with Crippen molar-refractivity contribution in [2.75, 3.05) is 13.6 Å². The normalized spacial score (nSPS) is 9.07. The van der Waals surface area contributed by atoms with Gasteiger partial charge in [-0.3, -0.25) is 10.2 Å². The van der Waals surface area contributed by atoms with E-state index in [1.54, 1.807) is 0 Å². The van der Waals surface area contributed by atoms with Crippen LogP contribution in [0.5, 0.6) is 0 Å². The summed E-state index contributed by atoms with van der Waals surface area (Å²) in [6.45, 7) is -0.227. The van der Waals surface area contributed by atoms with Crippen LogP contribution in [0.4, 0.5) is 0 Å². The molecule has 7 N–H and O–H groups in total. The summed E-state index contributed by atoms with van der Waals surface area (Å²) in [4.78, 5) is 32.6. The van der Waals surface area contributed by atoms with Crippen LogP contribution in [0.2, 0.25) is 0 Å². The van der Waals surface area contributed by atoms with Gasteiger partial charge >= 0.3 is 43.3 Å². The Labute approximate surface area is 108 Å². The fourth-order valence-electron chi connectivity index (χ4n) is 0.288. The first-order valence-electron chi connectivity index (χ1n) is 3.09. The van der Waals surface area contributed by atoms with Gasteiger partial charge < -0.3 is 30.4 Å². The van der Waals surface area contributed by atoms with Crippen molar-refractivity contribution in [3.05, 3.63) is 0 Å². The van der Waals surface area contributed by atoms with Gasteiger partial charge in [0, 0.05) is 7.05 Å². The molecule has 0 rings (SSSR count). The van der Waals surface area contributed by atoms with Gasteiger partial charge in [-0.15, -0.1) is 0 Å². The minimum atomic E-state index is -4.64. The maximum atomic E-state index is 9.92. The summed E-state index contributed by atoms with van der Waals surface area (Å²) in [5, 5.41) is 14.9. The van der Waals surface area contributed by atoms with Crippen molar-refractivity contribution in [2.45, 2.75) is 0 Å². The van der Waals surface area contributed by atoms with Gasteiger partial charge in [0.25, 0.3) is 0 Å². The number of carboxylic acids is 1. The molecule has 86 valence electrons. The summed E-state index contributed by atoms with van der Waals surface area (Å²) < 4.78 is 8.88. The Hall–Kier alpha value is -0.150. The molecule has 0 aromatic rings. The third kappa shape index (κ3) is 31.6. The number of phosphoric acid groups is 1. The molecule has 0 unspecified atom stereocenters. The summed E-state index contributed by atoms with van der Waals surface area (Å²) in [5.74, 6) is -1.23. The molecule has 0 atom stereocenters. The summed E-state index contributed by atoms with van der Waals surface area (Å²) >= 11 is 0. The molecule has 0 aliphatic rings. The van der Waals surface area contributed by atoms with Crippen molar-refractivity contribution in [1.29, 1.82) is 5.41 Å². The molecule has 0 fully saturated rings. The molecule has 0 bridgehead atoms. The van der Waals surface area contributed by atoms with Crippen LogP contribution in [-0.2, 0) is 9.36 Å². The SMILES string of the molecule is CN(CC(=O)O)C(=N)N.O=P(O)(O)O.[NaH]. The zero-order chi connectivity index (χ0) is 11.9. The van der Waals surface area contributed by atoms with Crippen LogP contribution in [0, 0.1) is 5.41 Å². The number of carbonyl (C=O) groups is 1. The zero-order valence-corrected chi connectivity index (χ0v) is 8.18. The van der Waals surface area contributed by atoms with Gasteiger partial charge in [-0.05, 0) is 0 Å². The van der Waals surface area contributed by atoms with Crippen LogP contribution < -0.4 is 5.73 Å². The van der Waals surface area contributed by atoms with Crippen molar-refractivity contribution < 1.29 is 29.1 Å². The van der Waals surface area contributed by atoms with Crippen LogP contribution in [0.15, 0.2) is 0 Å². The Morgan fingerprint density at radius 3 is 1.80 bits per heavy atom. The second kappa shape index (κ2) is 9.10. The molecule has 0 radical (unpaired) electrons. The van der Waals surface area contributed by atoms with Gasteiger partial charge in [-0.25, -0.2) is 4.57 Å². The predicted octanol–water partition coefficient (Wildman–Crippen LogP) is -2.68. The summed E-state index contributed by atoms with van der Waals surface area (Å²) in [7, 11) is -3.20. The molecule has 0 aliphatic carbocycles. The van der Waals surface area contributed by atoms with E-state index in [0.717, 1.165) is 4.90 Å². The summed E-state index contributed by atoms with van der Waals surface area (Å²) in [6.07, 6.45) is 0. The predicted molar refractivity (Wildman–Crippen MR) is 53.6 cm³/mol. The third-order valence-corrected chi connectivity index (χ3v) is 0.784. The fraction of sp³-hybridized carbons (Fsp3) is 0.500. The van der Waals surface area contributed by atoms with Crippen molar-refractivity contribution in [1.82, 2.24) is 4.90 Å². The molecule has 0 aliphatic heterocycles. The van der Waals surface area contributed by atoms with Crippen molar-refractivity contribution in [3.8, 4) is 0 Å². The molecule has 0 saturated carbocycles.